The molecule has 1 aromatic heterocycles. The van der Waals surface area contributed by atoms with Gasteiger partial charge in [0, 0.05) is 29.6 Å². The Morgan fingerprint density at radius 3 is 2.82 bits per heavy atom. The van der Waals surface area contributed by atoms with Gasteiger partial charge in [-0.05, 0) is 42.2 Å². The van der Waals surface area contributed by atoms with E-state index >= 15 is 0 Å². The molecule has 2 aromatic rings. The first-order valence-corrected chi connectivity index (χ1v) is 8.72. The van der Waals surface area contributed by atoms with Gasteiger partial charge in [0.15, 0.2) is 0 Å². The summed E-state index contributed by atoms with van der Waals surface area (Å²) in [6.07, 6.45) is 2.68. The molecule has 2 saturated carbocycles. The second-order valence-corrected chi connectivity index (χ2v) is 8.19. The van der Waals surface area contributed by atoms with E-state index in [-0.39, 0.29) is 0 Å². The predicted octanol–water partition coefficient (Wildman–Crippen LogP) is 4.34. The molecule has 2 N–H and O–H groups in total. The van der Waals surface area contributed by atoms with Gasteiger partial charge in [-0.15, -0.1) is 0 Å². The quantitative estimate of drug-likeness (QED) is 0.880. The zero-order chi connectivity index (χ0) is 15.5. The highest BCUT2D eigenvalue weighted by Gasteiger charge is 2.61. The topological polar surface area (TPSA) is 40.7 Å². The van der Waals surface area contributed by atoms with Crippen molar-refractivity contribution in [3.8, 4) is 0 Å². The van der Waals surface area contributed by atoms with Crippen LogP contribution in [-0.4, -0.2) is 22.8 Å². The second kappa shape index (κ2) is 4.97. The van der Waals surface area contributed by atoms with Crippen LogP contribution < -0.4 is 5.32 Å². The second-order valence-electron chi connectivity index (χ2n) is 7.78. The molecule has 0 bridgehead atoms. The molecule has 22 heavy (non-hydrogen) atoms. The predicted molar refractivity (Wildman–Crippen MR) is 91.3 cm³/mol. The molecule has 0 amide bonds. The first kappa shape index (κ1) is 14.5. The molecule has 4 rings (SSSR count). The summed E-state index contributed by atoms with van der Waals surface area (Å²) in [6.45, 7) is 8.05. The van der Waals surface area contributed by atoms with Crippen molar-refractivity contribution in [3.63, 3.8) is 0 Å². The van der Waals surface area contributed by atoms with Crippen LogP contribution in [0.25, 0.3) is 10.9 Å². The van der Waals surface area contributed by atoms with Gasteiger partial charge in [-0.1, -0.05) is 38.4 Å². The zero-order valence-electron chi connectivity index (χ0n) is 13.5. The Morgan fingerprint density at radius 2 is 2.09 bits per heavy atom. The number of hydrogen-bond donors (Lipinski definition) is 2. The minimum Gasteiger partial charge on any atom is -0.313 e. The Morgan fingerprint density at radius 1 is 1.36 bits per heavy atom. The maximum absolute atomic E-state index is 6.35. The molecule has 2 fully saturated rings. The third-order valence-corrected chi connectivity index (χ3v) is 6.44. The van der Waals surface area contributed by atoms with Gasteiger partial charge in [-0.2, -0.15) is 5.10 Å². The Labute approximate surface area is 136 Å². The fourth-order valence-corrected chi connectivity index (χ4v) is 4.79. The van der Waals surface area contributed by atoms with Crippen molar-refractivity contribution < 1.29 is 0 Å². The van der Waals surface area contributed by atoms with E-state index in [1.807, 2.05) is 18.2 Å². The van der Waals surface area contributed by atoms with Crippen molar-refractivity contribution in [2.24, 2.45) is 17.3 Å². The lowest BCUT2D eigenvalue weighted by atomic mass is 9.97. The average Bonchev–Trinajstić information content (AvgIpc) is 2.94. The number of nitrogens with one attached hydrogen (secondary N) is 2. The molecule has 2 unspecified atom stereocenters. The molecule has 0 saturated heterocycles. The molecule has 4 atom stereocenters. The van der Waals surface area contributed by atoms with Crippen LogP contribution in [0.3, 0.4) is 0 Å². The van der Waals surface area contributed by atoms with Gasteiger partial charge in [0.2, 0.25) is 0 Å². The highest BCUT2D eigenvalue weighted by molar-refractivity contribution is 6.35. The van der Waals surface area contributed by atoms with Crippen molar-refractivity contribution >= 4 is 22.5 Å². The summed E-state index contributed by atoms with van der Waals surface area (Å²) < 4.78 is 0. The number of nitrogens with zero attached hydrogens (tertiary/aromatic N) is 1. The molecular formula is C18H24ClN3. The number of H-pyrrole nitrogens is 1. The number of aromatic nitrogens is 2. The van der Waals surface area contributed by atoms with E-state index in [4.69, 9.17) is 11.6 Å². The SMILES string of the molecule is CC(CNC1C[C@@H]2[C@H](C1)C2(C)C)c1[nH]nc2cccc(Cl)c12. The van der Waals surface area contributed by atoms with Gasteiger partial charge in [0.25, 0.3) is 0 Å². The minimum absolute atomic E-state index is 0.384. The van der Waals surface area contributed by atoms with Gasteiger partial charge >= 0.3 is 0 Å². The molecule has 2 aliphatic rings. The molecular weight excluding hydrogens is 294 g/mol. The number of benzene rings is 1. The first-order chi connectivity index (χ1) is 10.5. The lowest BCUT2D eigenvalue weighted by Crippen LogP contribution is -2.32. The number of rotatable bonds is 4. The fourth-order valence-electron chi connectivity index (χ4n) is 4.52. The van der Waals surface area contributed by atoms with Crippen molar-refractivity contribution in [2.45, 2.75) is 45.6 Å². The minimum atomic E-state index is 0.384. The lowest BCUT2D eigenvalue weighted by Gasteiger charge is -2.21. The van der Waals surface area contributed by atoms with Crippen molar-refractivity contribution in [1.29, 1.82) is 0 Å². The molecule has 0 aliphatic heterocycles. The van der Waals surface area contributed by atoms with Crippen LogP contribution in [-0.2, 0) is 0 Å². The van der Waals surface area contributed by atoms with E-state index in [0.717, 1.165) is 40.0 Å². The highest BCUT2D eigenvalue weighted by Crippen LogP contribution is 2.66. The first-order valence-electron chi connectivity index (χ1n) is 8.34. The Kier molecular flexibility index (Phi) is 3.28. The summed E-state index contributed by atoms with van der Waals surface area (Å²) >= 11 is 6.35. The highest BCUT2D eigenvalue weighted by atomic mass is 35.5. The molecule has 1 heterocycles. The lowest BCUT2D eigenvalue weighted by molar-refractivity contribution is 0.380. The third-order valence-electron chi connectivity index (χ3n) is 6.13. The van der Waals surface area contributed by atoms with Crippen molar-refractivity contribution in [3.05, 3.63) is 28.9 Å². The third kappa shape index (κ3) is 2.17. The van der Waals surface area contributed by atoms with Crippen LogP contribution in [0.2, 0.25) is 5.02 Å². The molecule has 1 aromatic carbocycles. The Bertz CT molecular complexity index is 691. The monoisotopic (exact) mass is 317 g/mol. The molecule has 0 spiro atoms. The normalized spacial score (nSPS) is 30.5. The van der Waals surface area contributed by atoms with Gasteiger partial charge in [-0.25, -0.2) is 0 Å². The maximum Gasteiger partial charge on any atom is 0.0938 e. The van der Waals surface area contributed by atoms with Crippen molar-refractivity contribution in [2.75, 3.05) is 6.54 Å². The van der Waals surface area contributed by atoms with Crippen LogP contribution in [0.4, 0.5) is 0 Å². The fraction of sp³-hybridized carbons (Fsp3) is 0.611. The standard InChI is InChI=1S/C18H24ClN3/c1-10(9-20-11-7-12-13(8-11)18(12,2)3)17-16-14(19)5-4-6-15(16)21-22-17/h4-6,10-13,20H,7-9H2,1-3H3,(H,21,22)/t10?,11?,12-,13+. The Hall–Kier alpha value is -1.06. The molecule has 2 aliphatic carbocycles. The van der Waals surface area contributed by atoms with Crippen LogP contribution in [0.5, 0.6) is 0 Å². The molecule has 4 heteroatoms. The van der Waals surface area contributed by atoms with Crippen LogP contribution in [0.15, 0.2) is 18.2 Å². The number of aromatic amines is 1. The van der Waals surface area contributed by atoms with Crippen LogP contribution >= 0.6 is 11.6 Å². The summed E-state index contributed by atoms with van der Waals surface area (Å²) in [6, 6.07) is 6.59. The van der Waals surface area contributed by atoms with E-state index < -0.39 is 0 Å². The summed E-state index contributed by atoms with van der Waals surface area (Å²) in [4.78, 5) is 0. The van der Waals surface area contributed by atoms with E-state index in [0.29, 0.717) is 17.4 Å². The summed E-state index contributed by atoms with van der Waals surface area (Å²) in [7, 11) is 0. The average molecular weight is 318 g/mol. The van der Waals surface area contributed by atoms with Gasteiger partial charge < -0.3 is 5.32 Å². The number of hydrogen-bond acceptors (Lipinski definition) is 2. The van der Waals surface area contributed by atoms with E-state index in [2.05, 4.69) is 36.3 Å². The van der Waals surface area contributed by atoms with Gasteiger partial charge in [0.1, 0.15) is 0 Å². The molecule has 0 radical (unpaired) electrons. The van der Waals surface area contributed by atoms with E-state index in [1.54, 1.807) is 0 Å². The zero-order valence-corrected chi connectivity index (χ0v) is 14.2. The van der Waals surface area contributed by atoms with Crippen LogP contribution in [0, 0.1) is 17.3 Å². The van der Waals surface area contributed by atoms with E-state index in [1.165, 1.54) is 12.8 Å². The van der Waals surface area contributed by atoms with Crippen LogP contribution in [0.1, 0.15) is 45.2 Å². The van der Waals surface area contributed by atoms with Gasteiger partial charge in [0.05, 0.1) is 10.5 Å². The molecule has 3 nitrogen and oxygen atoms in total. The largest absolute Gasteiger partial charge is 0.313 e. The summed E-state index contributed by atoms with van der Waals surface area (Å²) in [5.41, 5.74) is 2.71. The molecule has 118 valence electrons. The maximum atomic E-state index is 6.35. The summed E-state index contributed by atoms with van der Waals surface area (Å²) in [5.74, 6) is 2.28. The number of fused-ring (bicyclic) bond motifs is 2. The van der Waals surface area contributed by atoms with Crippen molar-refractivity contribution in [1.82, 2.24) is 15.5 Å². The number of halogens is 1. The Balaban J connectivity index is 1.41. The smallest absolute Gasteiger partial charge is 0.0938 e. The van der Waals surface area contributed by atoms with E-state index in [9.17, 15) is 0 Å². The van der Waals surface area contributed by atoms with Gasteiger partial charge in [-0.3, -0.25) is 5.10 Å². The summed E-state index contributed by atoms with van der Waals surface area (Å²) in [5, 5.41) is 13.2.